The molecule has 0 fully saturated rings. The maximum Gasteiger partial charge on any atom is 0.416 e. The molecule has 2 aromatic carbocycles. The minimum atomic E-state index is -4.90. The zero-order chi connectivity index (χ0) is 15.7. The molecule has 0 spiro atoms. The molecule has 21 heavy (non-hydrogen) atoms. The third-order valence-corrected chi connectivity index (χ3v) is 2.48. The number of rotatable bonds is 2. The van der Waals surface area contributed by atoms with Gasteiger partial charge in [-0.1, -0.05) is 12.1 Å². The summed E-state index contributed by atoms with van der Waals surface area (Å²) in [7, 11) is 0. The number of ether oxygens (including phenoxy) is 1. The van der Waals surface area contributed by atoms with Gasteiger partial charge in [-0.25, -0.2) is 0 Å². The van der Waals surface area contributed by atoms with E-state index >= 15 is 0 Å². The molecule has 0 amide bonds. The molecule has 0 aromatic heterocycles. The van der Waals surface area contributed by atoms with Crippen molar-refractivity contribution >= 4 is 0 Å². The molecule has 111 valence electrons. The summed E-state index contributed by atoms with van der Waals surface area (Å²) < 4.78 is 80.9. The number of hydrogen-bond donors (Lipinski definition) is 0. The van der Waals surface area contributed by atoms with Gasteiger partial charge in [0.15, 0.2) is 0 Å². The predicted octanol–water partition coefficient (Wildman–Crippen LogP) is 5.32. The van der Waals surface area contributed by atoms with Gasteiger partial charge in [0, 0.05) is 0 Å². The topological polar surface area (TPSA) is 9.23 Å². The Hall–Kier alpha value is -2.18. The average Bonchev–Trinajstić information content (AvgIpc) is 2.37. The summed E-state index contributed by atoms with van der Waals surface area (Å²) in [6.07, 6.45) is -9.80. The van der Waals surface area contributed by atoms with Crippen LogP contribution in [-0.4, -0.2) is 0 Å². The first-order valence-corrected chi connectivity index (χ1v) is 5.60. The molecule has 0 saturated heterocycles. The first-order chi connectivity index (χ1) is 9.66. The lowest BCUT2D eigenvalue weighted by Gasteiger charge is -2.14. The third-order valence-electron chi connectivity index (χ3n) is 2.48. The zero-order valence-corrected chi connectivity index (χ0v) is 10.2. The highest BCUT2D eigenvalue weighted by Gasteiger charge is 2.37. The van der Waals surface area contributed by atoms with Crippen LogP contribution in [0.15, 0.2) is 42.5 Å². The Bertz CT molecular complexity index is 583. The molecule has 0 saturated carbocycles. The van der Waals surface area contributed by atoms with Crippen LogP contribution in [0.4, 0.5) is 26.3 Å². The highest BCUT2D eigenvalue weighted by Crippen LogP contribution is 2.39. The Morgan fingerprint density at radius 3 is 1.81 bits per heavy atom. The van der Waals surface area contributed by atoms with Crippen LogP contribution >= 0.6 is 0 Å². The van der Waals surface area contributed by atoms with Gasteiger partial charge in [-0.15, -0.1) is 0 Å². The second-order valence-corrected chi connectivity index (χ2v) is 4.08. The van der Waals surface area contributed by atoms with Gasteiger partial charge < -0.3 is 4.74 Å². The van der Waals surface area contributed by atoms with Crippen LogP contribution in [0.25, 0.3) is 0 Å². The van der Waals surface area contributed by atoms with Gasteiger partial charge in [0.05, 0.1) is 11.1 Å². The molecule has 2 rings (SSSR count). The van der Waals surface area contributed by atoms with E-state index in [4.69, 9.17) is 4.74 Å². The fourth-order valence-corrected chi connectivity index (χ4v) is 1.56. The number of benzene rings is 2. The van der Waals surface area contributed by atoms with E-state index in [-0.39, 0.29) is 11.8 Å². The Kier molecular flexibility index (Phi) is 3.85. The molecule has 2 aromatic rings. The highest BCUT2D eigenvalue weighted by atomic mass is 19.4. The van der Waals surface area contributed by atoms with Crippen molar-refractivity contribution in [3.05, 3.63) is 59.7 Å². The summed E-state index contributed by atoms with van der Waals surface area (Å²) in [5, 5.41) is 0. The standard InChI is InChI=1S/C14H7F6O/c15-13(16,17)9-6-10(14(18,19)20)8-12(7-9)21-11-4-2-1-3-5-11/h1-2,4-8H. The van der Waals surface area contributed by atoms with E-state index in [9.17, 15) is 26.3 Å². The van der Waals surface area contributed by atoms with Crippen LogP contribution < -0.4 is 4.74 Å². The van der Waals surface area contributed by atoms with Crippen molar-refractivity contribution in [1.29, 1.82) is 0 Å². The molecular weight excluding hydrogens is 298 g/mol. The molecule has 0 aliphatic carbocycles. The van der Waals surface area contributed by atoms with E-state index in [1.807, 2.05) is 0 Å². The number of halogens is 6. The van der Waals surface area contributed by atoms with E-state index in [1.165, 1.54) is 24.3 Å². The fourth-order valence-electron chi connectivity index (χ4n) is 1.56. The van der Waals surface area contributed by atoms with Gasteiger partial charge in [0.1, 0.15) is 11.5 Å². The molecule has 1 nitrogen and oxygen atoms in total. The van der Waals surface area contributed by atoms with Crippen LogP contribution in [0.1, 0.15) is 11.1 Å². The zero-order valence-electron chi connectivity index (χ0n) is 10.2. The second kappa shape index (κ2) is 5.31. The number of alkyl halides is 6. The van der Waals surface area contributed by atoms with Crippen LogP contribution in [-0.2, 0) is 12.4 Å². The van der Waals surface area contributed by atoms with Gasteiger partial charge in [0.2, 0.25) is 0 Å². The van der Waals surface area contributed by atoms with Crippen LogP contribution in [0, 0.1) is 6.07 Å². The van der Waals surface area contributed by atoms with Crippen molar-refractivity contribution in [2.75, 3.05) is 0 Å². The normalized spacial score (nSPS) is 12.3. The van der Waals surface area contributed by atoms with Gasteiger partial charge in [-0.3, -0.25) is 0 Å². The summed E-state index contributed by atoms with van der Waals surface area (Å²) in [4.78, 5) is 0. The predicted molar refractivity (Wildman–Crippen MR) is 61.8 cm³/mol. The highest BCUT2D eigenvalue weighted by molar-refractivity contribution is 5.40. The molecular formula is C14H7F6O. The maximum absolute atomic E-state index is 12.6. The van der Waals surface area contributed by atoms with Crippen LogP contribution in [0.2, 0.25) is 0 Å². The monoisotopic (exact) mass is 305 g/mol. The van der Waals surface area contributed by atoms with E-state index in [1.54, 1.807) is 0 Å². The summed E-state index contributed by atoms with van der Waals surface area (Å²) in [5.74, 6) is -0.457. The molecule has 0 aliphatic rings. The summed E-state index contributed by atoms with van der Waals surface area (Å²) >= 11 is 0. The molecule has 7 heteroatoms. The lowest BCUT2D eigenvalue weighted by Crippen LogP contribution is -2.11. The summed E-state index contributed by atoms with van der Waals surface area (Å²) in [5.41, 5.74) is -2.85. The van der Waals surface area contributed by atoms with Crippen LogP contribution in [0.5, 0.6) is 11.5 Å². The molecule has 0 aliphatic heterocycles. The maximum atomic E-state index is 12.6. The summed E-state index contributed by atoms with van der Waals surface area (Å²) in [6.45, 7) is 0. The first-order valence-electron chi connectivity index (χ1n) is 5.60. The Balaban J connectivity index is 2.45. The van der Waals surface area contributed by atoms with Crippen molar-refractivity contribution in [2.24, 2.45) is 0 Å². The van der Waals surface area contributed by atoms with Crippen LogP contribution in [0.3, 0.4) is 0 Å². The lowest BCUT2D eigenvalue weighted by atomic mass is 10.1. The minimum absolute atomic E-state index is 0.0456. The van der Waals surface area contributed by atoms with Gasteiger partial charge >= 0.3 is 12.4 Å². The number of hydrogen-bond acceptors (Lipinski definition) is 1. The molecule has 0 atom stereocenters. The van der Waals surface area contributed by atoms with Crippen molar-refractivity contribution in [1.82, 2.24) is 0 Å². The van der Waals surface area contributed by atoms with Crippen molar-refractivity contribution in [2.45, 2.75) is 12.4 Å². The van der Waals surface area contributed by atoms with Crippen molar-refractivity contribution < 1.29 is 31.1 Å². The molecule has 0 heterocycles. The average molecular weight is 305 g/mol. The Labute approximate surface area is 115 Å². The largest absolute Gasteiger partial charge is 0.457 e. The quantitative estimate of drug-likeness (QED) is 0.683. The SMILES string of the molecule is FC(F)(F)c1cc(Oc2c[c]ccc2)cc(C(F)(F)F)c1. The van der Waals surface area contributed by atoms with Gasteiger partial charge in [0.25, 0.3) is 0 Å². The first kappa shape index (κ1) is 15.2. The van der Waals surface area contributed by atoms with E-state index < -0.39 is 29.2 Å². The van der Waals surface area contributed by atoms with Crippen molar-refractivity contribution in [3.8, 4) is 11.5 Å². The molecule has 0 N–H and O–H groups in total. The third kappa shape index (κ3) is 3.90. The molecule has 0 unspecified atom stereocenters. The smallest absolute Gasteiger partial charge is 0.416 e. The lowest BCUT2D eigenvalue weighted by molar-refractivity contribution is -0.143. The Morgan fingerprint density at radius 2 is 1.38 bits per heavy atom. The van der Waals surface area contributed by atoms with Gasteiger partial charge in [-0.05, 0) is 36.4 Å². The molecule has 0 bridgehead atoms. The summed E-state index contributed by atoms with van der Waals surface area (Å²) in [6, 6.07) is 9.38. The molecule has 1 radical (unpaired) electrons. The minimum Gasteiger partial charge on any atom is -0.457 e. The van der Waals surface area contributed by atoms with E-state index in [0.29, 0.717) is 12.1 Å². The Morgan fingerprint density at radius 1 is 0.810 bits per heavy atom. The fraction of sp³-hybridized carbons (Fsp3) is 0.143. The van der Waals surface area contributed by atoms with Gasteiger partial charge in [-0.2, -0.15) is 26.3 Å². The van der Waals surface area contributed by atoms with E-state index in [2.05, 4.69) is 6.07 Å². The second-order valence-electron chi connectivity index (χ2n) is 4.08. The van der Waals surface area contributed by atoms with Crippen molar-refractivity contribution in [3.63, 3.8) is 0 Å². The van der Waals surface area contributed by atoms with E-state index in [0.717, 1.165) is 0 Å².